The molecule has 37 heavy (non-hydrogen) atoms. The number of hydrogen-bond donors (Lipinski definition) is 6. The van der Waals surface area contributed by atoms with Crippen LogP contribution in [0.15, 0.2) is 24.3 Å². The van der Waals surface area contributed by atoms with Crippen molar-refractivity contribution in [3.8, 4) is 23.0 Å². The normalized spacial score (nSPS) is 13.9. The lowest BCUT2D eigenvalue weighted by Gasteiger charge is -2.37. The summed E-state index contributed by atoms with van der Waals surface area (Å²) in [5, 5.41) is 22.3. The van der Waals surface area contributed by atoms with E-state index in [1.165, 1.54) is 14.2 Å². The fourth-order valence-electron chi connectivity index (χ4n) is 4.54. The van der Waals surface area contributed by atoms with Crippen molar-refractivity contribution in [2.24, 2.45) is 11.5 Å². The summed E-state index contributed by atoms with van der Waals surface area (Å²) in [6, 6.07) is 6.63. The van der Waals surface area contributed by atoms with E-state index in [1.54, 1.807) is 6.07 Å². The molecule has 0 spiro atoms. The summed E-state index contributed by atoms with van der Waals surface area (Å²) in [7, 11) is 3.01. The molecule has 11 heteroatoms. The van der Waals surface area contributed by atoms with Gasteiger partial charge in [0, 0.05) is 28.7 Å². The van der Waals surface area contributed by atoms with Gasteiger partial charge in [0.25, 0.3) is 0 Å². The number of carboxylic acids is 1. The largest absolute Gasteiger partial charge is 0.496 e. The van der Waals surface area contributed by atoms with E-state index >= 15 is 0 Å². The molecule has 1 aliphatic heterocycles. The number of carbonyl (C=O) groups excluding carboxylic acids is 1. The molecule has 11 nitrogen and oxygen atoms in total. The third-order valence-electron chi connectivity index (χ3n) is 6.54. The van der Waals surface area contributed by atoms with Crippen LogP contribution in [0.4, 0.5) is 0 Å². The summed E-state index contributed by atoms with van der Waals surface area (Å²) in [4.78, 5) is 24.4. The Hall–Kier alpha value is -3.99. The molecule has 200 valence electrons. The summed E-state index contributed by atoms with van der Waals surface area (Å²) in [6.45, 7) is 4.60. The molecule has 0 aromatic heterocycles. The van der Waals surface area contributed by atoms with Crippen molar-refractivity contribution < 1.29 is 28.9 Å². The minimum Gasteiger partial charge on any atom is -0.496 e. The number of carbonyl (C=O) groups is 2. The highest BCUT2D eigenvalue weighted by Crippen LogP contribution is 2.53. The maximum atomic E-state index is 12.7. The van der Waals surface area contributed by atoms with Gasteiger partial charge >= 0.3 is 5.97 Å². The van der Waals surface area contributed by atoms with Gasteiger partial charge in [-0.15, -0.1) is 0 Å². The van der Waals surface area contributed by atoms with E-state index < -0.39 is 17.4 Å². The van der Waals surface area contributed by atoms with Gasteiger partial charge in [-0.05, 0) is 25.0 Å². The van der Waals surface area contributed by atoms with Gasteiger partial charge in [-0.1, -0.05) is 26.0 Å². The predicted octanol–water partition coefficient (Wildman–Crippen LogP) is 1.97. The van der Waals surface area contributed by atoms with Crippen molar-refractivity contribution in [1.29, 1.82) is 5.41 Å². The number of fused-ring (bicyclic) bond motifs is 2. The highest BCUT2D eigenvalue weighted by atomic mass is 16.5. The Morgan fingerprint density at radius 2 is 1.62 bits per heavy atom. The molecule has 1 aliphatic rings. The molecule has 1 heterocycles. The molecule has 0 aliphatic carbocycles. The van der Waals surface area contributed by atoms with Crippen LogP contribution in [0.25, 0.3) is 0 Å². The molecule has 0 saturated carbocycles. The fraction of sp³-hybridized carbons (Fsp3) is 0.423. The van der Waals surface area contributed by atoms with Crippen LogP contribution < -0.4 is 36.3 Å². The highest BCUT2D eigenvalue weighted by Gasteiger charge is 2.38. The smallest absolute Gasteiger partial charge is 0.308 e. The number of carboxylic acid groups (broad SMARTS) is 1. The average Bonchev–Trinajstić information content (AvgIpc) is 2.84. The number of benzene rings is 2. The van der Waals surface area contributed by atoms with E-state index in [0.717, 1.165) is 11.1 Å². The Morgan fingerprint density at radius 1 is 1.05 bits per heavy atom. The van der Waals surface area contributed by atoms with Gasteiger partial charge in [-0.2, -0.15) is 0 Å². The second-order valence-electron chi connectivity index (χ2n) is 9.35. The number of hydrogen-bond acceptors (Lipinski definition) is 7. The van der Waals surface area contributed by atoms with E-state index in [0.29, 0.717) is 53.5 Å². The molecule has 0 radical (unpaired) electrons. The lowest BCUT2D eigenvalue weighted by molar-refractivity contribution is -0.136. The van der Waals surface area contributed by atoms with E-state index in [-0.39, 0.29) is 24.8 Å². The standard InChI is InChI=1S/C26H35N5O6/c1-26(2)16-7-9-19(35-3)14(12-21(32)33)22(16)37-23-15(20(36-4)10-8-17(23)26)13-31-24(34)18(27)6-5-11-30-25(28)29/h7-10,18H,5-6,11-13,27H2,1-4H3,(H,31,34)(H,32,33)(H4,28,29,30)/t18-/m0/s1. The van der Waals surface area contributed by atoms with Gasteiger partial charge in [0.05, 0.1) is 38.8 Å². The van der Waals surface area contributed by atoms with Crippen LogP contribution >= 0.6 is 0 Å². The summed E-state index contributed by atoms with van der Waals surface area (Å²) in [5.41, 5.74) is 13.5. The van der Waals surface area contributed by atoms with Gasteiger partial charge in [0.2, 0.25) is 5.91 Å². The van der Waals surface area contributed by atoms with E-state index in [1.807, 2.05) is 32.0 Å². The number of ether oxygens (including phenoxy) is 3. The monoisotopic (exact) mass is 513 g/mol. The van der Waals surface area contributed by atoms with Crippen molar-refractivity contribution in [3.05, 3.63) is 46.5 Å². The first kappa shape index (κ1) is 27.6. The fourth-order valence-corrected chi connectivity index (χ4v) is 4.54. The summed E-state index contributed by atoms with van der Waals surface area (Å²) in [5.74, 6) is 0.373. The molecule has 0 unspecified atom stereocenters. The molecule has 2 aromatic rings. The number of rotatable bonds is 11. The minimum atomic E-state index is -1.01. The van der Waals surface area contributed by atoms with Crippen molar-refractivity contribution in [2.45, 2.75) is 51.1 Å². The topological polar surface area (TPSA) is 182 Å². The molecule has 0 fully saturated rings. The van der Waals surface area contributed by atoms with Gasteiger partial charge in [0.15, 0.2) is 5.96 Å². The minimum absolute atomic E-state index is 0.0915. The number of aliphatic carboxylic acids is 1. The van der Waals surface area contributed by atoms with E-state index in [2.05, 4.69) is 10.6 Å². The molecular formula is C26H35N5O6. The maximum Gasteiger partial charge on any atom is 0.308 e. The van der Waals surface area contributed by atoms with Crippen LogP contribution in [0.5, 0.6) is 23.0 Å². The van der Waals surface area contributed by atoms with Crippen molar-refractivity contribution in [2.75, 3.05) is 20.8 Å². The zero-order valence-electron chi connectivity index (χ0n) is 21.6. The van der Waals surface area contributed by atoms with Crippen molar-refractivity contribution in [1.82, 2.24) is 10.6 Å². The number of methoxy groups -OCH3 is 2. The van der Waals surface area contributed by atoms with Crippen molar-refractivity contribution in [3.63, 3.8) is 0 Å². The zero-order valence-corrected chi connectivity index (χ0v) is 21.6. The lowest BCUT2D eigenvalue weighted by atomic mass is 9.74. The van der Waals surface area contributed by atoms with Crippen LogP contribution in [0, 0.1) is 5.41 Å². The Kier molecular flexibility index (Phi) is 8.49. The SMILES string of the molecule is COc1ccc2c(c1CNC(=O)[C@@H](N)CCCNC(=N)N)Oc1c(ccc(OC)c1CC(=O)O)C2(C)C. The quantitative estimate of drug-likeness (QED) is 0.149. The molecular weight excluding hydrogens is 478 g/mol. The summed E-state index contributed by atoms with van der Waals surface area (Å²) >= 11 is 0. The second kappa shape index (κ2) is 11.4. The van der Waals surface area contributed by atoms with E-state index in [9.17, 15) is 14.7 Å². The Labute approximate surface area is 216 Å². The molecule has 0 saturated heterocycles. The van der Waals surface area contributed by atoms with E-state index in [4.69, 9.17) is 31.1 Å². The first-order chi connectivity index (χ1) is 17.5. The molecule has 0 bridgehead atoms. The van der Waals surface area contributed by atoms with Crippen LogP contribution in [0.2, 0.25) is 0 Å². The third-order valence-corrected chi connectivity index (χ3v) is 6.54. The Bertz CT molecular complexity index is 1200. The van der Waals surface area contributed by atoms with Gasteiger partial charge in [0.1, 0.15) is 23.0 Å². The van der Waals surface area contributed by atoms with Crippen LogP contribution in [-0.2, 0) is 28.0 Å². The molecule has 2 aromatic carbocycles. The first-order valence-electron chi connectivity index (χ1n) is 11.9. The lowest BCUT2D eigenvalue weighted by Crippen LogP contribution is -2.41. The van der Waals surface area contributed by atoms with Gasteiger partial charge < -0.3 is 41.4 Å². The molecule has 1 atom stereocenters. The number of amides is 1. The third kappa shape index (κ3) is 5.88. The molecule has 1 amide bonds. The Morgan fingerprint density at radius 3 is 2.16 bits per heavy atom. The van der Waals surface area contributed by atoms with Gasteiger partial charge in [-0.3, -0.25) is 15.0 Å². The van der Waals surface area contributed by atoms with Crippen LogP contribution in [0.3, 0.4) is 0 Å². The van der Waals surface area contributed by atoms with Gasteiger partial charge in [-0.25, -0.2) is 0 Å². The first-order valence-corrected chi connectivity index (χ1v) is 11.9. The second-order valence-corrected chi connectivity index (χ2v) is 9.35. The molecule has 3 rings (SSSR count). The Balaban J connectivity index is 1.93. The highest BCUT2D eigenvalue weighted by molar-refractivity contribution is 5.82. The maximum absolute atomic E-state index is 12.7. The summed E-state index contributed by atoms with van der Waals surface area (Å²) < 4.78 is 17.4. The van der Waals surface area contributed by atoms with Crippen LogP contribution in [0.1, 0.15) is 48.9 Å². The zero-order chi connectivity index (χ0) is 27.3. The number of nitrogens with two attached hydrogens (primary N) is 2. The average molecular weight is 514 g/mol. The van der Waals surface area contributed by atoms with Crippen molar-refractivity contribution >= 4 is 17.8 Å². The van der Waals surface area contributed by atoms with Crippen LogP contribution in [-0.4, -0.2) is 49.7 Å². The predicted molar refractivity (Wildman–Crippen MR) is 139 cm³/mol. The number of nitrogens with one attached hydrogen (secondary N) is 3. The molecule has 8 N–H and O–H groups in total. The summed E-state index contributed by atoms with van der Waals surface area (Å²) in [6.07, 6.45) is 0.701. The number of guanidine groups is 1.